The SMILES string of the molecule is COC1CC2(SCCCS2)C(=O)N1. The topological polar surface area (TPSA) is 38.3 Å². The Labute approximate surface area is 86.4 Å². The summed E-state index contributed by atoms with van der Waals surface area (Å²) < 4.78 is 4.91. The van der Waals surface area contributed by atoms with Gasteiger partial charge in [-0.1, -0.05) is 0 Å². The van der Waals surface area contributed by atoms with Crippen LogP contribution in [0.1, 0.15) is 12.8 Å². The number of amides is 1. The lowest BCUT2D eigenvalue weighted by molar-refractivity contribution is -0.120. The van der Waals surface area contributed by atoms with Gasteiger partial charge in [-0.15, -0.1) is 23.5 Å². The van der Waals surface area contributed by atoms with E-state index in [0.29, 0.717) is 0 Å². The summed E-state index contributed by atoms with van der Waals surface area (Å²) in [7, 11) is 1.64. The Hall–Kier alpha value is 0.130. The van der Waals surface area contributed by atoms with E-state index in [-0.39, 0.29) is 16.2 Å². The Bertz CT molecular complexity index is 216. The van der Waals surface area contributed by atoms with Crippen molar-refractivity contribution in [1.29, 1.82) is 0 Å². The van der Waals surface area contributed by atoms with Crippen molar-refractivity contribution in [2.24, 2.45) is 0 Å². The maximum Gasteiger partial charge on any atom is 0.248 e. The molecule has 0 bridgehead atoms. The molecule has 1 N–H and O–H groups in total. The van der Waals surface area contributed by atoms with Crippen LogP contribution in [0.15, 0.2) is 0 Å². The molecule has 0 aromatic heterocycles. The van der Waals surface area contributed by atoms with Crippen LogP contribution >= 0.6 is 23.5 Å². The summed E-state index contributed by atoms with van der Waals surface area (Å²) in [6.45, 7) is 0. The molecule has 1 unspecified atom stereocenters. The number of hydrogen-bond donors (Lipinski definition) is 1. The standard InChI is InChI=1S/C8H13NO2S2/c1-11-6-5-8(7(10)9-6)12-3-2-4-13-8/h6H,2-5H2,1H3,(H,9,10). The molecule has 0 aromatic rings. The Balaban J connectivity index is 2.08. The number of ether oxygens (including phenoxy) is 1. The first kappa shape index (κ1) is 9.68. The van der Waals surface area contributed by atoms with Crippen molar-refractivity contribution in [3.05, 3.63) is 0 Å². The highest BCUT2D eigenvalue weighted by Gasteiger charge is 2.49. The van der Waals surface area contributed by atoms with E-state index >= 15 is 0 Å². The molecule has 2 rings (SSSR count). The smallest absolute Gasteiger partial charge is 0.248 e. The van der Waals surface area contributed by atoms with Crippen molar-refractivity contribution in [3.8, 4) is 0 Å². The Morgan fingerprint density at radius 3 is 2.77 bits per heavy atom. The molecule has 0 radical (unpaired) electrons. The van der Waals surface area contributed by atoms with Crippen molar-refractivity contribution in [2.45, 2.75) is 23.1 Å². The molecule has 1 atom stereocenters. The van der Waals surface area contributed by atoms with Crippen molar-refractivity contribution < 1.29 is 9.53 Å². The number of methoxy groups -OCH3 is 1. The molecular weight excluding hydrogens is 206 g/mol. The second-order valence-corrected chi connectivity index (χ2v) is 6.25. The van der Waals surface area contributed by atoms with Gasteiger partial charge in [0.25, 0.3) is 0 Å². The Morgan fingerprint density at radius 1 is 1.54 bits per heavy atom. The molecule has 0 saturated carbocycles. The third-order valence-electron chi connectivity index (χ3n) is 2.34. The molecule has 0 aromatic carbocycles. The number of thioether (sulfide) groups is 2. The lowest BCUT2D eigenvalue weighted by atomic mass is 10.3. The summed E-state index contributed by atoms with van der Waals surface area (Å²) in [6.07, 6.45) is 1.94. The van der Waals surface area contributed by atoms with E-state index in [2.05, 4.69) is 5.32 Å². The van der Waals surface area contributed by atoms with Crippen molar-refractivity contribution >= 4 is 29.4 Å². The van der Waals surface area contributed by atoms with Gasteiger partial charge in [-0.3, -0.25) is 4.79 Å². The van der Waals surface area contributed by atoms with E-state index < -0.39 is 0 Å². The Morgan fingerprint density at radius 2 is 2.23 bits per heavy atom. The summed E-state index contributed by atoms with van der Waals surface area (Å²) in [5, 5.41) is 2.86. The van der Waals surface area contributed by atoms with Crippen LogP contribution in [0.5, 0.6) is 0 Å². The molecule has 2 heterocycles. The second-order valence-electron chi connectivity index (χ2n) is 3.21. The molecule has 13 heavy (non-hydrogen) atoms. The quantitative estimate of drug-likeness (QED) is 0.715. The highest BCUT2D eigenvalue weighted by Crippen LogP contribution is 2.48. The largest absolute Gasteiger partial charge is 0.362 e. The van der Waals surface area contributed by atoms with Gasteiger partial charge in [0, 0.05) is 13.5 Å². The molecule has 74 valence electrons. The highest BCUT2D eigenvalue weighted by atomic mass is 32.2. The maximum atomic E-state index is 11.7. The zero-order chi connectivity index (χ0) is 9.31. The van der Waals surface area contributed by atoms with Gasteiger partial charge in [-0.25, -0.2) is 0 Å². The number of rotatable bonds is 1. The van der Waals surface area contributed by atoms with Crippen LogP contribution in [0, 0.1) is 0 Å². The predicted molar refractivity (Wildman–Crippen MR) is 55.8 cm³/mol. The fourth-order valence-corrected chi connectivity index (χ4v) is 4.78. The monoisotopic (exact) mass is 219 g/mol. The van der Waals surface area contributed by atoms with Crippen LogP contribution in [0.4, 0.5) is 0 Å². The fraction of sp³-hybridized carbons (Fsp3) is 0.875. The first-order valence-corrected chi connectivity index (χ1v) is 6.36. The van der Waals surface area contributed by atoms with Gasteiger partial charge in [-0.2, -0.15) is 0 Å². The first-order chi connectivity index (χ1) is 6.27. The Kier molecular flexibility index (Phi) is 2.76. The average molecular weight is 219 g/mol. The van der Waals surface area contributed by atoms with E-state index in [0.717, 1.165) is 17.9 Å². The maximum absolute atomic E-state index is 11.7. The van der Waals surface area contributed by atoms with Crippen LogP contribution in [0.25, 0.3) is 0 Å². The van der Waals surface area contributed by atoms with Gasteiger partial charge < -0.3 is 10.1 Å². The molecule has 5 heteroatoms. The fourth-order valence-electron chi connectivity index (χ4n) is 1.61. The predicted octanol–water partition coefficient (Wildman–Crippen LogP) is 1.05. The molecule has 2 aliphatic rings. The van der Waals surface area contributed by atoms with Gasteiger partial charge in [0.2, 0.25) is 5.91 Å². The van der Waals surface area contributed by atoms with E-state index in [1.54, 1.807) is 30.6 Å². The second kappa shape index (κ2) is 3.71. The molecule has 3 nitrogen and oxygen atoms in total. The van der Waals surface area contributed by atoms with E-state index in [9.17, 15) is 4.79 Å². The number of carbonyl (C=O) groups excluding carboxylic acids is 1. The van der Waals surface area contributed by atoms with Crippen LogP contribution in [0.2, 0.25) is 0 Å². The highest BCUT2D eigenvalue weighted by molar-refractivity contribution is 8.19. The van der Waals surface area contributed by atoms with Gasteiger partial charge in [0.15, 0.2) is 0 Å². The zero-order valence-electron chi connectivity index (χ0n) is 7.54. The minimum Gasteiger partial charge on any atom is -0.362 e. The molecule has 0 aliphatic carbocycles. The summed E-state index contributed by atoms with van der Waals surface area (Å²) in [6, 6.07) is 0. The molecule has 1 spiro atoms. The van der Waals surface area contributed by atoms with E-state index in [1.165, 1.54) is 6.42 Å². The molecule has 2 aliphatic heterocycles. The summed E-state index contributed by atoms with van der Waals surface area (Å²) in [5.41, 5.74) is 0. The lowest BCUT2D eigenvalue weighted by Gasteiger charge is -2.28. The molecule has 1 amide bonds. The van der Waals surface area contributed by atoms with Gasteiger partial charge in [-0.05, 0) is 17.9 Å². The number of hydrogen-bond acceptors (Lipinski definition) is 4. The average Bonchev–Trinajstić information content (AvgIpc) is 2.45. The third-order valence-corrected chi connectivity index (χ3v) is 5.67. The van der Waals surface area contributed by atoms with E-state index in [4.69, 9.17) is 4.74 Å². The molecule has 2 fully saturated rings. The summed E-state index contributed by atoms with van der Waals surface area (Å²) in [4.78, 5) is 11.7. The minimum atomic E-state index is -0.237. The summed E-state index contributed by atoms with van der Waals surface area (Å²) in [5.74, 6) is 2.34. The van der Waals surface area contributed by atoms with Crippen LogP contribution in [0.3, 0.4) is 0 Å². The normalized spacial score (nSPS) is 32.1. The van der Waals surface area contributed by atoms with Crippen LogP contribution in [-0.2, 0) is 9.53 Å². The lowest BCUT2D eigenvalue weighted by Crippen LogP contribution is -2.34. The van der Waals surface area contributed by atoms with Crippen molar-refractivity contribution in [1.82, 2.24) is 5.32 Å². The molecular formula is C8H13NO2S2. The van der Waals surface area contributed by atoms with Crippen LogP contribution < -0.4 is 5.32 Å². The van der Waals surface area contributed by atoms with Crippen molar-refractivity contribution in [3.63, 3.8) is 0 Å². The third kappa shape index (κ3) is 1.69. The number of nitrogens with one attached hydrogen (secondary N) is 1. The zero-order valence-corrected chi connectivity index (χ0v) is 9.17. The van der Waals surface area contributed by atoms with Gasteiger partial charge in [0.1, 0.15) is 10.3 Å². The van der Waals surface area contributed by atoms with Crippen molar-refractivity contribution in [2.75, 3.05) is 18.6 Å². The summed E-state index contributed by atoms with van der Waals surface area (Å²) >= 11 is 3.54. The molecule has 2 saturated heterocycles. The van der Waals surface area contributed by atoms with Gasteiger partial charge in [0.05, 0.1) is 0 Å². The minimum absolute atomic E-state index is 0.0781. The van der Waals surface area contributed by atoms with E-state index in [1.807, 2.05) is 0 Å². The van der Waals surface area contributed by atoms with Gasteiger partial charge >= 0.3 is 0 Å². The number of carbonyl (C=O) groups is 1. The first-order valence-electron chi connectivity index (χ1n) is 4.38. The van der Waals surface area contributed by atoms with Crippen LogP contribution in [-0.4, -0.2) is 34.8 Å².